The zero-order chi connectivity index (χ0) is 17.9. The Balaban J connectivity index is 1.37. The molecule has 0 radical (unpaired) electrons. The predicted molar refractivity (Wildman–Crippen MR) is 101 cm³/mol. The van der Waals surface area contributed by atoms with E-state index < -0.39 is 0 Å². The molecule has 0 unspecified atom stereocenters. The van der Waals surface area contributed by atoms with E-state index >= 15 is 0 Å². The van der Waals surface area contributed by atoms with E-state index in [1.165, 1.54) is 4.88 Å². The molecule has 1 saturated carbocycles. The number of hydrogen-bond donors (Lipinski definition) is 0. The zero-order valence-corrected chi connectivity index (χ0v) is 15.7. The fourth-order valence-electron chi connectivity index (χ4n) is 2.81. The Morgan fingerprint density at radius 3 is 2.77 bits per heavy atom. The van der Waals surface area contributed by atoms with Gasteiger partial charge in [-0.05, 0) is 48.6 Å². The van der Waals surface area contributed by atoms with E-state index in [0.29, 0.717) is 42.2 Å². The molecule has 0 aliphatic heterocycles. The van der Waals surface area contributed by atoms with Crippen molar-refractivity contribution in [3.8, 4) is 11.4 Å². The molecule has 26 heavy (non-hydrogen) atoms. The minimum Gasteiger partial charge on any atom is -0.339 e. The van der Waals surface area contributed by atoms with Crippen LogP contribution in [0.15, 0.2) is 46.3 Å². The Labute approximate surface area is 160 Å². The third-order valence-electron chi connectivity index (χ3n) is 4.34. The van der Waals surface area contributed by atoms with Gasteiger partial charge in [-0.2, -0.15) is 4.98 Å². The third-order valence-corrected chi connectivity index (χ3v) is 5.45. The van der Waals surface area contributed by atoms with Gasteiger partial charge in [-0.3, -0.25) is 4.79 Å². The monoisotopic (exact) mass is 387 g/mol. The first-order chi connectivity index (χ1) is 12.7. The van der Waals surface area contributed by atoms with Gasteiger partial charge in [0.2, 0.25) is 17.6 Å². The van der Waals surface area contributed by atoms with E-state index in [9.17, 15) is 4.79 Å². The molecular weight excluding hydrogens is 370 g/mol. The number of halogens is 1. The number of rotatable bonds is 7. The molecule has 5 nitrogen and oxygen atoms in total. The average molecular weight is 388 g/mol. The Bertz CT molecular complexity index is 873. The molecule has 0 saturated heterocycles. The maximum atomic E-state index is 12.7. The maximum Gasteiger partial charge on any atom is 0.227 e. The summed E-state index contributed by atoms with van der Waals surface area (Å²) in [5.74, 6) is 1.14. The molecular formula is C19H18ClN3O2S. The van der Waals surface area contributed by atoms with E-state index in [1.54, 1.807) is 23.5 Å². The first-order valence-corrected chi connectivity index (χ1v) is 9.85. The Hall–Kier alpha value is -2.18. The first-order valence-electron chi connectivity index (χ1n) is 8.59. The second kappa shape index (κ2) is 7.60. The minimum atomic E-state index is 0.146. The van der Waals surface area contributed by atoms with Crippen molar-refractivity contribution in [3.05, 3.63) is 57.6 Å². The highest BCUT2D eigenvalue weighted by Crippen LogP contribution is 2.30. The molecule has 1 aliphatic carbocycles. The van der Waals surface area contributed by atoms with Crippen LogP contribution in [0, 0.1) is 0 Å². The lowest BCUT2D eigenvalue weighted by Gasteiger charge is -2.21. The Morgan fingerprint density at radius 1 is 1.27 bits per heavy atom. The molecule has 1 amide bonds. The third kappa shape index (κ3) is 4.14. The number of aromatic nitrogens is 2. The van der Waals surface area contributed by atoms with Gasteiger partial charge < -0.3 is 9.42 Å². The van der Waals surface area contributed by atoms with Gasteiger partial charge >= 0.3 is 0 Å². The molecule has 0 N–H and O–H groups in total. The fraction of sp³-hybridized carbons (Fsp3) is 0.316. The summed E-state index contributed by atoms with van der Waals surface area (Å²) < 4.78 is 5.30. The molecule has 1 aliphatic rings. The van der Waals surface area contributed by atoms with Crippen LogP contribution in [0.25, 0.3) is 11.4 Å². The quantitative estimate of drug-likeness (QED) is 0.595. The second-order valence-corrected chi connectivity index (χ2v) is 7.82. The number of carbonyl (C=O) groups is 1. The van der Waals surface area contributed by atoms with Gasteiger partial charge in [0.25, 0.3) is 0 Å². The van der Waals surface area contributed by atoms with Gasteiger partial charge in [-0.25, -0.2) is 0 Å². The number of aryl methyl sites for hydroxylation is 1. The highest BCUT2D eigenvalue weighted by Gasteiger charge is 2.32. The van der Waals surface area contributed by atoms with Crippen molar-refractivity contribution in [1.82, 2.24) is 15.0 Å². The van der Waals surface area contributed by atoms with Crippen LogP contribution in [0.4, 0.5) is 0 Å². The van der Waals surface area contributed by atoms with Crippen LogP contribution in [0.1, 0.15) is 30.0 Å². The van der Waals surface area contributed by atoms with Crippen molar-refractivity contribution in [2.75, 3.05) is 0 Å². The van der Waals surface area contributed by atoms with E-state index in [-0.39, 0.29) is 5.91 Å². The highest BCUT2D eigenvalue weighted by atomic mass is 35.5. The summed E-state index contributed by atoms with van der Waals surface area (Å²) in [7, 11) is 0. The molecule has 4 rings (SSSR count). The minimum absolute atomic E-state index is 0.146. The average Bonchev–Trinajstić information content (AvgIpc) is 3.16. The summed E-state index contributed by atoms with van der Waals surface area (Å²) in [5, 5.41) is 6.70. The van der Waals surface area contributed by atoms with Crippen molar-refractivity contribution in [2.45, 2.75) is 38.3 Å². The van der Waals surface area contributed by atoms with Gasteiger partial charge in [0, 0.05) is 34.3 Å². The summed E-state index contributed by atoms with van der Waals surface area (Å²) in [6, 6.07) is 11.7. The highest BCUT2D eigenvalue weighted by molar-refractivity contribution is 7.09. The Kier molecular flexibility index (Phi) is 5.04. The standard InChI is InChI=1S/C19H18ClN3O2S/c20-14-5-3-13(4-6-14)19-21-17(25-22-19)9-10-18(24)23(15-7-8-15)12-16-2-1-11-26-16/h1-6,11,15H,7-10,12H2. The summed E-state index contributed by atoms with van der Waals surface area (Å²) >= 11 is 7.58. The molecule has 1 aromatic carbocycles. The molecule has 0 spiro atoms. The largest absolute Gasteiger partial charge is 0.339 e. The van der Waals surface area contributed by atoms with E-state index in [4.69, 9.17) is 16.1 Å². The topological polar surface area (TPSA) is 59.2 Å². The molecule has 1 fully saturated rings. The van der Waals surface area contributed by atoms with Gasteiger partial charge in [0.1, 0.15) is 0 Å². The summed E-state index contributed by atoms with van der Waals surface area (Å²) in [4.78, 5) is 20.3. The van der Waals surface area contributed by atoms with Gasteiger partial charge in [-0.15, -0.1) is 11.3 Å². The van der Waals surface area contributed by atoms with Gasteiger partial charge in [0.15, 0.2) is 0 Å². The van der Waals surface area contributed by atoms with E-state index in [2.05, 4.69) is 16.2 Å². The first kappa shape index (κ1) is 17.2. The second-order valence-electron chi connectivity index (χ2n) is 6.35. The molecule has 7 heteroatoms. The van der Waals surface area contributed by atoms with Crippen LogP contribution in [-0.4, -0.2) is 27.0 Å². The SMILES string of the molecule is O=C(CCc1nc(-c2ccc(Cl)cc2)no1)N(Cc1cccs1)C1CC1. The lowest BCUT2D eigenvalue weighted by molar-refractivity contribution is -0.132. The number of benzene rings is 1. The van der Waals surface area contributed by atoms with Crippen LogP contribution in [0.2, 0.25) is 5.02 Å². The molecule has 0 atom stereocenters. The van der Waals surface area contributed by atoms with Crippen molar-refractivity contribution < 1.29 is 9.32 Å². The number of amides is 1. The van der Waals surface area contributed by atoms with E-state index in [1.807, 2.05) is 28.5 Å². The summed E-state index contributed by atoms with van der Waals surface area (Å²) in [6.45, 7) is 0.695. The van der Waals surface area contributed by atoms with Crippen molar-refractivity contribution >= 4 is 28.8 Å². The van der Waals surface area contributed by atoms with E-state index in [0.717, 1.165) is 18.4 Å². The summed E-state index contributed by atoms with van der Waals surface area (Å²) in [5.41, 5.74) is 0.841. The molecule has 3 aromatic rings. The van der Waals surface area contributed by atoms with Gasteiger partial charge in [-0.1, -0.05) is 22.8 Å². The van der Waals surface area contributed by atoms with Crippen LogP contribution in [0.3, 0.4) is 0 Å². The van der Waals surface area contributed by atoms with Crippen LogP contribution in [0.5, 0.6) is 0 Å². The van der Waals surface area contributed by atoms with Crippen LogP contribution < -0.4 is 0 Å². The number of nitrogens with zero attached hydrogens (tertiary/aromatic N) is 3. The summed E-state index contributed by atoms with van der Waals surface area (Å²) in [6.07, 6.45) is 3.02. The molecule has 0 bridgehead atoms. The lowest BCUT2D eigenvalue weighted by Crippen LogP contribution is -2.32. The van der Waals surface area contributed by atoms with Crippen LogP contribution in [-0.2, 0) is 17.8 Å². The number of thiophene rings is 1. The normalized spacial score (nSPS) is 13.7. The van der Waals surface area contributed by atoms with Crippen molar-refractivity contribution in [2.24, 2.45) is 0 Å². The zero-order valence-electron chi connectivity index (χ0n) is 14.1. The molecule has 134 valence electrons. The maximum absolute atomic E-state index is 12.7. The molecule has 2 aromatic heterocycles. The number of hydrogen-bond acceptors (Lipinski definition) is 5. The van der Waals surface area contributed by atoms with Crippen molar-refractivity contribution in [3.63, 3.8) is 0 Å². The van der Waals surface area contributed by atoms with Gasteiger partial charge in [0.05, 0.1) is 6.54 Å². The fourth-order valence-corrected chi connectivity index (χ4v) is 3.64. The lowest BCUT2D eigenvalue weighted by atomic mass is 10.2. The number of carbonyl (C=O) groups excluding carboxylic acids is 1. The predicted octanol–water partition coefficient (Wildman–Crippen LogP) is 4.58. The molecule has 2 heterocycles. The smallest absolute Gasteiger partial charge is 0.227 e. The van der Waals surface area contributed by atoms with Crippen molar-refractivity contribution in [1.29, 1.82) is 0 Å². The Morgan fingerprint density at radius 2 is 2.08 bits per heavy atom. The van der Waals surface area contributed by atoms with Crippen LogP contribution >= 0.6 is 22.9 Å².